The summed E-state index contributed by atoms with van der Waals surface area (Å²) in [7, 11) is 0. The van der Waals surface area contributed by atoms with Gasteiger partial charge in [0.2, 0.25) is 0 Å². The highest BCUT2D eigenvalue weighted by Gasteiger charge is 2.33. The fourth-order valence-corrected chi connectivity index (χ4v) is 2.49. The molecule has 0 bridgehead atoms. The van der Waals surface area contributed by atoms with Crippen molar-refractivity contribution in [1.82, 2.24) is 0 Å². The molecule has 80 valence electrons. The summed E-state index contributed by atoms with van der Waals surface area (Å²) in [6.45, 7) is 5.83. The van der Waals surface area contributed by atoms with Gasteiger partial charge in [0, 0.05) is 0 Å². The van der Waals surface area contributed by atoms with Crippen LogP contribution in [-0.4, -0.2) is 11.4 Å². The molecule has 0 amide bonds. The molecule has 0 aromatic heterocycles. The molecule has 2 rings (SSSR count). The van der Waals surface area contributed by atoms with Crippen LogP contribution >= 0.6 is 15.9 Å². The van der Waals surface area contributed by atoms with Gasteiger partial charge in [-0.15, -0.1) is 0 Å². The Kier molecular flexibility index (Phi) is 2.38. The van der Waals surface area contributed by atoms with E-state index in [9.17, 15) is 4.79 Å². The molecule has 0 spiro atoms. The van der Waals surface area contributed by atoms with Crippen molar-refractivity contribution in [2.24, 2.45) is 0 Å². The van der Waals surface area contributed by atoms with Crippen LogP contribution < -0.4 is 4.74 Å². The molecule has 1 aliphatic rings. The number of rotatable bonds is 0. The van der Waals surface area contributed by atoms with Gasteiger partial charge in [0.1, 0.15) is 11.4 Å². The Hall–Kier alpha value is -0.830. The van der Waals surface area contributed by atoms with E-state index in [4.69, 9.17) is 4.74 Å². The molecule has 0 saturated heterocycles. The molecule has 15 heavy (non-hydrogen) atoms. The van der Waals surface area contributed by atoms with Crippen molar-refractivity contribution in [3.63, 3.8) is 0 Å². The van der Waals surface area contributed by atoms with E-state index in [2.05, 4.69) is 15.9 Å². The van der Waals surface area contributed by atoms with Gasteiger partial charge in [-0.3, -0.25) is 4.79 Å². The average molecular weight is 269 g/mol. The minimum absolute atomic E-state index is 0.158. The minimum atomic E-state index is -0.401. The molecule has 0 fully saturated rings. The van der Waals surface area contributed by atoms with E-state index < -0.39 is 5.60 Å². The van der Waals surface area contributed by atoms with Gasteiger partial charge >= 0.3 is 0 Å². The molecule has 1 aromatic carbocycles. The molecular formula is C12H13BrO2. The van der Waals surface area contributed by atoms with Crippen LogP contribution in [0.5, 0.6) is 5.75 Å². The molecule has 0 N–H and O–H groups in total. The number of fused-ring (bicyclic) bond motifs is 1. The summed E-state index contributed by atoms with van der Waals surface area (Å²) < 4.78 is 6.67. The lowest BCUT2D eigenvalue weighted by Crippen LogP contribution is -2.36. The van der Waals surface area contributed by atoms with Gasteiger partial charge in [0.25, 0.3) is 0 Å². The first kappa shape index (κ1) is 10.7. The predicted molar refractivity (Wildman–Crippen MR) is 62.5 cm³/mol. The molecule has 1 aromatic rings. The smallest absolute Gasteiger partial charge is 0.170 e. The first-order valence-electron chi connectivity index (χ1n) is 4.91. The Labute approximate surface area is 97.8 Å². The Morgan fingerprint density at radius 1 is 1.40 bits per heavy atom. The van der Waals surface area contributed by atoms with Gasteiger partial charge in [-0.05, 0) is 54.4 Å². The third-order valence-corrected chi connectivity index (χ3v) is 3.04. The number of ketones is 1. The second-order valence-electron chi connectivity index (χ2n) is 4.59. The number of hydrogen-bond acceptors (Lipinski definition) is 2. The molecular weight excluding hydrogens is 256 g/mol. The van der Waals surface area contributed by atoms with Crippen LogP contribution in [0.25, 0.3) is 0 Å². The molecule has 0 atom stereocenters. The van der Waals surface area contributed by atoms with E-state index in [1.54, 1.807) is 0 Å². The molecule has 0 aliphatic carbocycles. The fourth-order valence-electron chi connectivity index (χ4n) is 1.83. The molecule has 0 unspecified atom stereocenters. The molecule has 1 heterocycles. The normalized spacial score (nSPS) is 18.3. The Morgan fingerprint density at radius 2 is 2.07 bits per heavy atom. The number of Topliss-reactive ketones (excluding diaryl/α,β-unsaturated/α-hetero) is 1. The van der Waals surface area contributed by atoms with E-state index in [-0.39, 0.29) is 5.78 Å². The monoisotopic (exact) mass is 268 g/mol. The van der Waals surface area contributed by atoms with Crippen molar-refractivity contribution < 1.29 is 9.53 Å². The zero-order chi connectivity index (χ0) is 11.2. The summed E-state index contributed by atoms with van der Waals surface area (Å²) >= 11 is 3.43. The van der Waals surface area contributed by atoms with Crippen LogP contribution in [0.1, 0.15) is 36.2 Å². The van der Waals surface area contributed by atoms with Crippen molar-refractivity contribution in [2.75, 3.05) is 0 Å². The van der Waals surface area contributed by atoms with Crippen LogP contribution in [0.15, 0.2) is 16.6 Å². The first-order chi connectivity index (χ1) is 6.89. The van der Waals surface area contributed by atoms with Crippen LogP contribution in [0.4, 0.5) is 0 Å². The fraction of sp³-hybridized carbons (Fsp3) is 0.417. The third-order valence-electron chi connectivity index (χ3n) is 2.45. The number of aryl methyl sites for hydroxylation is 1. The van der Waals surface area contributed by atoms with E-state index in [1.807, 2.05) is 32.9 Å². The van der Waals surface area contributed by atoms with Crippen molar-refractivity contribution in [3.05, 3.63) is 27.7 Å². The van der Waals surface area contributed by atoms with E-state index >= 15 is 0 Å². The van der Waals surface area contributed by atoms with Gasteiger partial charge in [0.05, 0.1) is 16.5 Å². The van der Waals surface area contributed by atoms with Gasteiger partial charge in [-0.1, -0.05) is 0 Å². The predicted octanol–water partition coefficient (Wildman–Crippen LogP) is 3.50. The highest BCUT2D eigenvalue weighted by molar-refractivity contribution is 9.10. The topological polar surface area (TPSA) is 26.3 Å². The molecule has 0 saturated carbocycles. The highest BCUT2D eigenvalue weighted by Crippen LogP contribution is 2.39. The Morgan fingerprint density at radius 3 is 2.73 bits per heavy atom. The van der Waals surface area contributed by atoms with Gasteiger partial charge in [-0.2, -0.15) is 0 Å². The van der Waals surface area contributed by atoms with Crippen LogP contribution in [-0.2, 0) is 0 Å². The third kappa shape index (κ3) is 1.93. The number of carbonyl (C=O) groups excluding carboxylic acids is 1. The first-order valence-corrected chi connectivity index (χ1v) is 5.71. The summed E-state index contributed by atoms with van der Waals surface area (Å²) in [5, 5.41) is 0. The molecule has 0 radical (unpaired) electrons. The highest BCUT2D eigenvalue weighted by atomic mass is 79.9. The lowest BCUT2D eigenvalue weighted by Gasteiger charge is -2.32. The largest absolute Gasteiger partial charge is 0.485 e. The van der Waals surface area contributed by atoms with Gasteiger partial charge < -0.3 is 4.74 Å². The second-order valence-corrected chi connectivity index (χ2v) is 5.44. The summed E-state index contributed by atoms with van der Waals surface area (Å²) in [4.78, 5) is 11.9. The quantitative estimate of drug-likeness (QED) is 0.720. The lowest BCUT2D eigenvalue weighted by atomic mass is 9.92. The van der Waals surface area contributed by atoms with E-state index in [0.717, 1.165) is 10.0 Å². The maximum atomic E-state index is 11.9. The number of ether oxygens (including phenoxy) is 1. The zero-order valence-electron chi connectivity index (χ0n) is 9.06. The van der Waals surface area contributed by atoms with Gasteiger partial charge in [-0.25, -0.2) is 0 Å². The van der Waals surface area contributed by atoms with E-state index in [0.29, 0.717) is 17.7 Å². The Balaban J connectivity index is 2.60. The number of benzene rings is 1. The molecule has 3 heteroatoms. The number of hydrogen-bond donors (Lipinski definition) is 0. The summed E-state index contributed by atoms with van der Waals surface area (Å²) in [6, 6.07) is 3.85. The van der Waals surface area contributed by atoms with Crippen molar-refractivity contribution in [2.45, 2.75) is 32.8 Å². The van der Waals surface area contributed by atoms with E-state index in [1.165, 1.54) is 0 Å². The molecule has 2 nitrogen and oxygen atoms in total. The van der Waals surface area contributed by atoms with Crippen LogP contribution in [0.3, 0.4) is 0 Å². The average Bonchev–Trinajstić information content (AvgIpc) is 2.06. The van der Waals surface area contributed by atoms with Crippen molar-refractivity contribution in [3.8, 4) is 5.75 Å². The summed E-state index contributed by atoms with van der Waals surface area (Å²) in [6.07, 6.45) is 0.440. The second kappa shape index (κ2) is 3.34. The molecule has 1 aliphatic heterocycles. The van der Waals surface area contributed by atoms with Crippen molar-refractivity contribution >= 4 is 21.7 Å². The standard InChI is InChI=1S/C12H13BrO2/c1-7-4-8-10(14)6-12(2,3)15-11(8)9(13)5-7/h4-5H,6H2,1-3H3. The lowest BCUT2D eigenvalue weighted by molar-refractivity contribution is 0.0615. The van der Waals surface area contributed by atoms with Gasteiger partial charge in [0.15, 0.2) is 5.78 Å². The van der Waals surface area contributed by atoms with Crippen LogP contribution in [0.2, 0.25) is 0 Å². The van der Waals surface area contributed by atoms with Crippen molar-refractivity contribution in [1.29, 1.82) is 0 Å². The number of halogens is 1. The summed E-state index contributed by atoms with van der Waals surface area (Å²) in [5.41, 5.74) is 1.36. The summed E-state index contributed by atoms with van der Waals surface area (Å²) in [5.74, 6) is 0.840. The van der Waals surface area contributed by atoms with Crippen LogP contribution in [0, 0.1) is 6.92 Å². The zero-order valence-corrected chi connectivity index (χ0v) is 10.6. The Bertz CT molecular complexity index is 435. The maximum absolute atomic E-state index is 11.9. The minimum Gasteiger partial charge on any atom is -0.485 e. The SMILES string of the molecule is Cc1cc(Br)c2c(c1)C(=O)CC(C)(C)O2. The number of carbonyl (C=O) groups is 1. The maximum Gasteiger partial charge on any atom is 0.170 e.